The highest BCUT2D eigenvalue weighted by molar-refractivity contribution is 6.30. The van der Waals surface area contributed by atoms with Crippen molar-refractivity contribution in [2.24, 2.45) is 0 Å². The molecule has 0 unspecified atom stereocenters. The second kappa shape index (κ2) is 8.91. The molecule has 0 aliphatic carbocycles. The fourth-order valence-electron chi connectivity index (χ4n) is 3.92. The summed E-state index contributed by atoms with van der Waals surface area (Å²) in [4.78, 5) is 31.2. The lowest BCUT2D eigenvalue weighted by Crippen LogP contribution is -2.52. The van der Waals surface area contributed by atoms with Crippen LogP contribution in [0.5, 0.6) is 0 Å². The van der Waals surface area contributed by atoms with Gasteiger partial charge in [0.15, 0.2) is 0 Å². The molecule has 0 bridgehead atoms. The molecule has 0 spiro atoms. The molecule has 29 heavy (non-hydrogen) atoms. The fraction of sp³-hybridized carbons (Fsp3) is 0.304. The molecule has 2 amide bonds. The lowest BCUT2D eigenvalue weighted by molar-refractivity contribution is -0.123. The van der Waals surface area contributed by atoms with Crippen LogP contribution in [0.1, 0.15) is 12.0 Å². The Morgan fingerprint density at radius 1 is 0.931 bits per heavy atom. The minimum Gasteiger partial charge on any atom is -0.297 e. The van der Waals surface area contributed by atoms with Crippen molar-refractivity contribution in [1.29, 1.82) is 0 Å². The van der Waals surface area contributed by atoms with Crippen LogP contribution < -0.4 is 4.90 Å². The molecule has 150 valence electrons. The van der Waals surface area contributed by atoms with Gasteiger partial charge >= 0.3 is 0 Å². The standard InChI is InChI=1S/C23H24ClN3O2/c24-19-8-10-20(11-9-19)27-22(28)17-21(23(27)29)26-15-13-25(14-16-26)12-4-7-18-5-2-1-3-6-18/h1-11,21H,12-17H2/b7-4+/t21-/m0/s1. The van der Waals surface area contributed by atoms with Crippen molar-refractivity contribution in [2.45, 2.75) is 12.5 Å². The number of anilines is 1. The van der Waals surface area contributed by atoms with Gasteiger partial charge in [-0.25, -0.2) is 4.90 Å². The van der Waals surface area contributed by atoms with Gasteiger partial charge in [0, 0.05) is 37.7 Å². The molecule has 2 aliphatic rings. The molecule has 2 saturated heterocycles. The average Bonchev–Trinajstić information content (AvgIpc) is 3.04. The molecular formula is C23H24ClN3O2. The first-order valence-corrected chi connectivity index (χ1v) is 10.3. The van der Waals surface area contributed by atoms with Crippen molar-refractivity contribution >= 4 is 35.2 Å². The Bertz CT molecular complexity index is 890. The van der Waals surface area contributed by atoms with Crippen molar-refractivity contribution in [3.05, 3.63) is 71.3 Å². The molecule has 2 aromatic rings. The molecule has 2 aromatic carbocycles. The molecule has 2 fully saturated rings. The number of benzene rings is 2. The molecule has 0 aromatic heterocycles. The van der Waals surface area contributed by atoms with E-state index in [1.165, 1.54) is 10.5 Å². The number of rotatable bonds is 5. The number of carbonyl (C=O) groups excluding carboxylic acids is 2. The molecule has 2 heterocycles. The normalized spacial score (nSPS) is 21.4. The predicted octanol–water partition coefficient (Wildman–Crippen LogP) is 3.30. The van der Waals surface area contributed by atoms with Gasteiger partial charge in [-0.2, -0.15) is 0 Å². The van der Waals surface area contributed by atoms with Crippen molar-refractivity contribution in [2.75, 3.05) is 37.6 Å². The lowest BCUT2D eigenvalue weighted by atomic mass is 10.1. The van der Waals surface area contributed by atoms with Crippen molar-refractivity contribution in [1.82, 2.24) is 9.80 Å². The topological polar surface area (TPSA) is 43.9 Å². The van der Waals surface area contributed by atoms with Crippen LogP contribution in [-0.2, 0) is 9.59 Å². The first kappa shape index (κ1) is 19.8. The summed E-state index contributed by atoms with van der Waals surface area (Å²) in [5, 5.41) is 0.585. The maximum Gasteiger partial charge on any atom is 0.251 e. The van der Waals surface area contributed by atoms with Gasteiger partial charge in [-0.15, -0.1) is 0 Å². The number of piperazine rings is 1. The number of imide groups is 1. The summed E-state index contributed by atoms with van der Waals surface area (Å²) in [6.07, 6.45) is 4.56. The highest BCUT2D eigenvalue weighted by Gasteiger charge is 2.43. The first-order chi connectivity index (χ1) is 14.1. The number of carbonyl (C=O) groups is 2. The summed E-state index contributed by atoms with van der Waals surface area (Å²) in [7, 11) is 0. The van der Waals surface area contributed by atoms with E-state index in [0.29, 0.717) is 10.7 Å². The summed E-state index contributed by atoms with van der Waals surface area (Å²) in [5.74, 6) is -0.273. The van der Waals surface area contributed by atoms with Crippen molar-refractivity contribution < 1.29 is 9.59 Å². The lowest BCUT2D eigenvalue weighted by Gasteiger charge is -2.36. The quantitative estimate of drug-likeness (QED) is 0.711. The monoisotopic (exact) mass is 409 g/mol. The van der Waals surface area contributed by atoms with Crippen LogP contribution in [0.2, 0.25) is 5.02 Å². The second-order valence-corrected chi connectivity index (χ2v) is 7.85. The van der Waals surface area contributed by atoms with Gasteiger partial charge in [0.25, 0.3) is 5.91 Å². The van der Waals surface area contributed by atoms with Gasteiger partial charge in [-0.05, 0) is 29.8 Å². The molecule has 6 heteroatoms. The van der Waals surface area contributed by atoms with Crippen LogP contribution in [0.25, 0.3) is 6.08 Å². The van der Waals surface area contributed by atoms with Crippen LogP contribution in [0, 0.1) is 0 Å². The minimum atomic E-state index is -0.361. The Morgan fingerprint density at radius 3 is 2.31 bits per heavy atom. The highest BCUT2D eigenvalue weighted by Crippen LogP contribution is 2.27. The Labute approximate surface area is 176 Å². The van der Waals surface area contributed by atoms with Gasteiger partial charge in [-0.3, -0.25) is 19.4 Å². The molecule has 1 atom stereocenters. The second-order valence-electron chi connectivity index (χ2n) is 7.41. The summed E-state index contributed by atoms with van der Waals surface area (Å²) in [6, 6.07) is 16.7. The SMILES string of the molecule is O=C1C[C@H](N2CCN(C/C=C/c3ccccc3)CC2)C(=O)N1c1ccc(Cl)cc1. The maximum atomic E-state index is 12.9. The third-order valence-corrected chi connectivity index (χ3v) is 5.78. The molecule has 2 aliphatic heterocycles. The van der Waals surface area contributed by atoms with E-state index in [0.717, 1.165) is 32.7 Å². The number of nitrogens with zero attached hydrogens (tertiary/aromatic N) is 3. The number of halogens is 1. The molecule has 0 saturated carbocycles. The van der Waals surface area contributed by atoms with Crippen LogP contribution >= 0.6 is 11.6 Å². The fourth-order valence-corrected chi connectivity index (χ4v) is 4.05. The van der Waals surface area contributed by atoms with Gasteiger partial charge in [-0.1, -0.05) is 54.1 Å². The first-order valence-electron chi connectivity index (χ1n) is 9.92. The number of hydrogen-bond donors (Lipinski definition) is 0. The summed E-state index contributed by atoms with van der Waals surface area (Å²) in [5.41, 5.74) is 1.79. The van der Waals surface area contributed by atoms with Gasteiger partial charge in [0.2, 0.25) is 5.91 Å². The zero-order chi connectivity index (χ0) is 20.2. The number of amides is 2. The largest absolute Gasteiger partial charge is 0.297 e. The van der Waals surface area contributed by atoms with E-state index in [2.05, 4.69) is 34.1 Å². The van der Waals surface area contributed by atoms with Crippen LogP contribution in [0.15, 0.2) is 60.7 Å². The predicted molar refractivity (Wildman–Crippen MR) is 116 cm³/mol. The van der Waals surface area contributed by atoms with Gasteiger partial charge < -0.3 is 0 Å². The Morgan fingerprint density at radius 2 is 1.62 bits per heavy atom. The number of hydrogen-bond acceptors (Lipinski definition) is 4. The highest BCUT2D eigenvalue weighted by atomic mass is 35.5. The van der Waals surface area contributed by atoms with Crippen LogP contribution in [-0.4, -0.2) is 60.4 Å². The van der Waals surface area contributed by atoms with Crippen LogP contribution in [0.3, 0.4) is 0 Å². The molecule has 4 rings (SSSR count). The van der Waals surface area contributed by atoms with E-state index >= 15 is 0 Å². The van der Waals surface area contributed by atoms with E-state index in [9.17, 15) is 9.59 Å². The Kier molecular flexibility index (Phi) is 6.09. The van der Waals surface area contributed by atoms with E-state index in [-0.39, 0.29) is 24.3 Å². The molecule has 0 N–H and O–H groups in total. The summed E-state index contributed by atoms with van der Waals surface area (Å²) < 4.78 is 0. The van der Waals surface area contributed by atoms with Crippen molar-refractivity contribution in [3.8, 4) is 0 Å². The third-order valence-electron chi connectivity index (χ3n) is 5.53. The zero-order valence-corrected chi connectivity index (χ0v) is 17.0. The summed E-state index contributed by atoms with van der Waals surface area (Å²) >= 11 is 5.92. The Hall–Kier alpha value is -2.47. The van der Waals surface area contributed by atoms with Crippen LogP contribution in [0.4, 0.5) is 5.69 Å². The third kappa shape index (κ3) is 4.58. The zero-order valence-electron chi connectivity index (χ0n) is 16.2. The molecule has 5 nitrogen and oxygen atoms in total. The molecular weight excluding hydrogens is 386 g/mol. The van der Waals surface area contributed by atoms with Gasteiger partial charge in [0.05, 0.1) is 18.2 Å². The summed E-state index contributed by atoms with van der Waals surface area (Å²) in [6.45, 7) is 4.24. The van der Waals surface area contributed by atoms with Gasteiger partial charge in [0.1, 0.15) is 0 Å². The van der Waals surface area contributed by atoms with E-state index in [4.69, 9.17) is 11.6 Å². The average molecular weight is 410 g/mol. The maximum absolute atomic E-state index is 12.9. The smallest absolute Gasteiger partial charge is 0.251 e. The molecule has 0 radical (unpaired) electrons. The van der Waals surface area contributed by atoms with Crippen molar-refractivity contribution in [3.63, 3.8) is 0 Å². The van der Waals surface area contributed by atoms with E-state index in [1.807, 2.05) is 18.2 Å². The Balaban J connectivity index is 1.31. The van der Waals surface area contributed by atoms with E-state index in [1.54, 1.807) is 24.3 Å². The van der Waals surface area contributed by atoms with E-state index < -0.39 is 0 Å². The minimum absolute atomic E-state index is 0.130.